The Morgan fingerprint density at radius 1 is 0.792 bits per heavy atom. The van der Waals surface area contributed by atoms with Gasteiger partial charge in [0.05, 0.1) is 17.6 Å². The van der Waals surface area contributed by atoms with Gasteiger partial charge in [-0.1, -0.05) is 42.5 Å². The topological polar surface area (TPSA) is 58.2 Å². The molecule has 1 fully saturated rings. The van der Waals surface area contributed by atoms with E-state index in [-0.39, 0.29) is 35.7 Å². The summed E-state index contributed by atoms with van der Waals surface area (Å²) in [5.74, 6) is 0.0528. The first-order chi connectivity index (χ1) is 11.8. The Morgan fingerprint density at radius 2 is 1.46 bits per heavy atom. The third kappa shape index (κ3) is 1.21. The predicted molar refractivity (Wildman–Crippen MR) is 85.4 cm³/mol. The first-order valence-electron chi connectivity index (χ1n) is 8.03. The van der Waals surface area contributed by atoms with Crippen molar-refractivity contribution >= 4 is 0 Å². The van der Waals surface area contributed by atoms with Crippen molar-refractivity contribution in [2.24, 2.45) is 0 Å². The van der Waals surface area contributed by atoms with Crippen LogP contribution in [0.4, 0.5) is 0 Å². The van der Waals surface area contributed by atoms with Gasteiger partial charge in [-0.3, -0.25) is 0 Å². The zero-order valence-electron chi connectivity index (χ0n) is 12.6. The van der Waals surface area contributed by atoms with Crippen LogP contribution in [-0.4, -0.2) is 13.9 Å². The van der Waals surface area contributed by atoms with Crippen molar-refractivity contribution in [1.29, 1.82) is 0 Å². The van der Waals surface area contributed by atoms with Crippen LogP contribution in [-0.2, 0) is 4.74 Å². The van der Waals surface area contributed by atoms with Crippen LogP contribution in [0.3, 0.4) is 0 Å². The molecule has 2 aromatic carbocycles. The third-order valence-electron chi connectivity index (χ3n) is 5.48. The molecule has 1 aromatic heterocycles. The molecule has 118 valence electrons. The average Bonchev–Trinajstić information content (AvgIpc) is 3.31. The summed E-state index contributed by atoms with van der Waals surface area (Å²) >= 11 is 0. The van der Waals surface area contributed by atoms with Gasteiger partial charge >= 0.3 is 11.4 Å². The van der Waals surface area contributed by atoms with Crippen LogP contribution in [0.1, 0.15) is 35.4 Å². The SMILES string of the molecule is O=c1n(-c2ccccc2)c(=O)n2n1[C@@H]1[C@@H]3c4ccccc4[C@@H]1O[C@@H]32. The molecule has 2 aliphatic heterocycles. The number of benzene rings is 2. The third-order valence-corrected chi connectivity index (χ3v) is 5.48. The Hall–Kier alpha value is -2.86. The zero-order valence-corrected chi connectivity index (χ0v) is 12.6. The molecule has 4 atom stereocenters. The minimum Gasteiger partial charge on any atom is -0.345 e. The summed E-state index contributed by atoms with van der Waals surface area (Å²) in [6.07, 6.45) is -0.528. The Morgan fingerprint density at radius 3 is 2.25 bits per heavy atom. The van der Waals surface area contributed by atoms with Crippen LogP contribution in [0.2, 0.25) is 0 Å². The normalized spacial score (nSPS) is 28.2. The van der Waals surface area contributed by atoms with Crippen molar-refractivity contribution in [1.82, 2.24) is 13.9 Å². The standard InChI is InChI=1S/C18H13N3O3/c22-17-19(10-6-2-1-3-7-10)18(23)21-16-13-11-8-4-5-9-12(11)15(24-16)14(13)20(17)21/h1-9,13-16H/t13-,14+,15-,16-/m0/s1. The monoisotopic (exact) mass is 319 g/mol. The molecular formula is C18H13N3O3. The highest BCUT2D eigenvalue weighted by molar-refractivity contribution is 5.44. The molecule has 6 nitrogen and oxygen atoms in total. The summed E-state index contributed by atoms with van der Waals surface area (Å²) in [7, 11) is 0. The molecule has 1 saturated heterocycles. The maximum absolute atomic E-state index is 13.0. The highest BCUT2D eigenvalue weighted by Gasteiger charge is 2.61. The molecule has 6 heteroatoms. The maximum Gasteiger partial charge on any atom is 0.354 e. The lowest BCUT2D eigenvalue weighted by Gasteiger charge is -2.26. The van der Waals surface area contributed by atoms with E-state index in [4.69, 9.17) is 4.74 Å². The Kier molecular flexibility index (Phi) is 2.07. The summed E-state index contributed by atoms with van der Waals surface area (Å²) < 4.78 is 10.4. The number of aromatic nitrogens is 3. The lowest BCUT2D eigenvalue weighted by molar-refractivity contribution is -0.0556. The molecule has 6 rings (SSSR count). The number of ether oxygens (including phenoxy) is 1. The first-order valence-corrected chi connectivity index (χ1v) is 8.03. The maximum atomic E-state index is 13.0. The molecule has 1 aliphatic carbocycles. The first kappa shape index (κ1) is 12.5. The lowest BCUT2D eigenvalue weighted by atomic mass is 9.98. The van der Waals surface area contributed by atoms with Gasteiger partial charge in [-0.15, -0.1) is 0 Å². The van der Waals surface area contributed by atoms with E-state index in [1.165, 1.54) is 14.8 Å². The van der Waals surface area contributed by atoms with Gasteiger partial charge in [-0.25, -0.2) is 23.5 Å². The number of hydrogen-bond donors (Lipinski definition) is 0. The second-order valence-corrected chi connectivity index (χ2v) is 6.52. The van der Waals surface area contributed by atoms with E-state index in [0.29, 0.717) is 5.69 Å². The number of fused-ring (bicyclic) bond motifs is 4. The van der Waals surface area contributed by atoms with E-state index >= 15 is 0 Å². The van der Waals surface area contributed by atoms with Gasteiger partial charge in [0.1, 0.15) is 6.10 Å². The fourth-order valence-corrected chi connectivity index (χ4v) is 4.60. The number of nitrogens with zero attached hydrogens (tertiary/aromatic N) is 3. The van der Waals surface area contributed by atoms with Crippen LogP contribution in [0.25, 0.3) is 5.69 Å². The van der Waals surface area contributed by atoms with E-state index < -0.39 is 0 Å². The highest BCUT2D eigenvalue weighted by Crippen LogP contribution is 2.64. The molecule has 0 unspecified atom stereocenters. The second-order valence-electron chi connectivity index (χ2n) is 6.52. The summed E-state index contributed by atoms with van der Waals surface area (Å²) in [4.78, 5) is 25.9. The summed E-state index contributed by atoms with van der Waals surface area (Å²) in [5, 5.41) is 0. The number of hydrogen-bond acceptors (Lipinski definition) is 3. The highest BCUT2D eigenvalue weighted by atomic mass is 16.5. The molecule has 24 heavy (non-hydrogen) atoms. The van der Waals surface area contributed by atoms with Gasteiger partial charge in [0.2, 0.25) is 0 Å². The van der Waals surface area contributed by atoms with Crippen molar-refractivity contribution in [3.05, 3.63) is 86.7 Å². The van der Waals surface area contributed by atoms with Crippen LogP contribution in [0.15, 0.2) is 64.2 Å². The van der Waals surface area contributed by atoms with E-state index in [1.807, 2.05) is 30.3 Å². The quantitative estimate of drug-likeness (QED) is 0.686. The zero-order chi connectivity index (χ0) is 16.0. The Labute approximate surface area is 136 Å². The van der Waals surface area contributed by atoms with Crippen LogP contribution >= 0.6 is 0 Å². The average molecular weight is 319 g/mol. The molecular weight excluding hydrogens is 306 g/mol. The van der Waals surface area contributed by atoms with E-state index in [9.17, 15) is 9.59 Å². The van der Waals surface area contributed by atoms with Crippen molar-refractivity contribution in [2.45, 2.75) is 24.3 Å². The fourth-order valence-electron chi connectivity index (χ4n) is 4.60. The minimum atomic E-state index is -0.389. The summed E-state index contributed by atoms with van der Waals surface area (Å²) in [6.45, 7) is 0. The van der Waals surface area contributed by atoms with Crippen molar-refractivity contribution in [3.63, 3.8) is 0 Å². The molecule has 4 bridgehead atoms. The van der Waals surface area contributed by atoms with Crippen molar-refractivity contribution < 1.29 is 4.74 Å². The Bertz CT molecular complexity index is 1110. The van der Waals surface area contributed by atoms with Gasteiger partial charge in [0.15, 0.2) is 6.23 Å². The fraction of sp³-hybridized carbons (Fsp3) is 0.222. The van der Waals surface area contributed by atoms with Crippen LogP contribution in [0, 0.1) is 0 Å². The predicted octanol–water partition coefficient (Wildman–Crippen LogP) is 1.72. The molecule has 0 radical (unpaired) electrons. The molecule has 3 aromatic rings. The largest absolute Gasteiger partial charge is 0.354 e. The van der Waals surface area contributed by atoms with Gasteiger partial charge in [0, 0.05) is 0 Å². The summed E-state index contributed by atoms with van der Waals surface area (Å²) in [6, 6.07) is 17.0. The molecule has 0 spiro atoms. The van der Waals surface area contributed by atoms with Gasteiger partial charge in [-0.05, 0) is 23.3 Å². The van der Waals surface area contributed by atoms with Crippen LogP contribution in [0.5, 0.6) is 0 Å². The minimum absolute atomic E-state index is 0.0528. The molecule has 0 N–H and O–H groups in total. The summed E-state index contributed by atoms with van der Waals surface area (Å²) in [5.41, 5.74) is 2.31. The van der Waals surface area contributed by atoms with E-state index in [0.717, 1.165) is 5.56 Å². The smallest absolute Gasteiger partial charge is 0.345 e. The van der Waals surface area contributed by atoms with E-state index in [1.54, 1.807) is 16.8 Å². The van der Waals surface area contributed by atoms with Gasteiger partial charge in [-0.2, -0.15) is 0 Å². The number of rotatable bonds is 1. The molecule has 3 aliphatic rings. The van der Waals surface area contributed by atoms with E-state index in [2.05, 4.69) is 12.1 Å². The molecule has 3 heterocycles. The second kappa shape index (κ2) is 3.96. The van der Waals surface area contributed by atoms with Gasteiger partial charge in [0.25, 0.3) is 0 Å². The Balaban J connectivity index is 1.61. The van der Waals surface area contributed by atoms with Crippen molar-refractivity contribution in [3.8, 4) is 5.69 Å². The molecule has 0 amide bonds. The van der Waals surface area contributed by atoms with Crippen LogP contribution < -0.4 is 11.4 Å². The lowest BCUT2D eigenvalue weighted by Crippen LogP contribution is -2.32. The molecule has 0 saturated carbocycles. The number of para-hydroxylation sites is 1. The van der Waals surface area contributed by atoms with Crippen molar-refractivity contribution in [2.75, 3.05) is 0 Å². The van der Waals surface area contributed by atoms with Gasteiger partial charge < -0.3 is 4.74 Å².